The number of rotatable bonds is 7. The minimum atomic E-state index is -0.559. The van der Waals surface area contributed by atoms with Gasteiger partial charge < -0.3 is 10.1 Å². The summed E-state index contributed by atoms with van der Waals surface area (Å²) in [5, 5.41) is 17.5. The molecule has 1 aromatic heterocycles. The Labute approximate surface area is 197 Å². The molecule has 33 heavy (non-hydrogen) atoms. The minimum absolute atomic E-state index is 0.136. The second kappa shape index (κ2) is 8.96. The molecule has 4 saturated carbocycles. The number of nitrogens with one attached hydrogen (secondary N) is 2. The third-order valence-electron chi connectivity index (χ3n) is 7.14. The van der Waals surface area contributed by atoms with Gasteiger partial charge in [-0.1, -0.05) is 23.9 Å². The molecule has 4 fully saturated rings. The van der Waals surface area contributed by atoms with E-state index in [-0.39, 0.29) is 11.4 Å². The highest BCUT2D eigenvalue weighted by Gasteiger charge is 2.51. The number of tetrazole rings is 1. The Hall–Kier alpha value is -2.62. The summed E-state index contributed by atoms with van der Waals surface area (Å²) in [6.45, 7) is 4.16. The SMILES string of the molecule is CCOc1ccccc1-n1nnnc1SC(C)C(=O)NC(=O)NC12CC3CC(CC(C3)C1)C2. The molecule has 2 aromatic rings. The van der Waals surface area contributed by atoms with E-state index in [0.29, 0.717) is 23.2 Å². The maximum absolute atomic E-state index is 12.8. The van der Waals surface area contributed by atoms with Crippen LogP contribution in [0, 0.1) is 17.8 Å². The average molecular weight is 471 g/mol. The van der Waals surface area contributed by atoms with Crippen LogP contribution in [0.1, 0.15) is 52.4 Å². The first-order chi connectivity index (χ1) is 15.9. The van der Waals surface area contributed by atoms with Crippen molar-refractivity contribution in [3.8, 4) is 11.4 Å². The quantitative estimate of drug-likeness (QED) is 0.597. The highest BCUT2D eigenvalue weighted by molar-refractivity contribution is 8.00. The Bertz CT molecular complexity index is 1010. The van der Waals surface area contributed by atoms with Gasteiger partial charge in [-0.25, -0.2) is 4.79 Å². The van der Waals surface area contributed by atoms with E-state index in [1.54, 1.807) is 11.6 Å². The Kier molecular flexibility index (Phi) is 6.03. The molecular weight excluding hydrogens is 440 g/mol. The van der Waals surface area contributed by atoms with Crippen molar-refractivity contribution in [1.82, 2.24) is 30.8 Å². The van der Waals surface area contributed by atoms with Crippen LogP contribution < -0.4 is 15.4 Å². The van der Waals surface area contributed by atoms with Gasteiger partial charge in [0, 0.05) is 5.54 Å². The van der Waals surface area contributed by atoms with Gasteiger partial charge >= 0.3 is 6.03 Å². The summed E-state index contributed by atoms with van der Waals surface area (Å²) >= 11 is 1.20. The standard InChI is InChI=1S/C23H30N6O3S/c1-3-32-19-7-5-4-6-18(19)29-22(26-27-28-29)33-14(2)20(30)24-21(31)25-23-11-15-8-16(12-23)10-17(9-15)13-23/h4-7,14-17H,3,8-13H2,1-2H3,(H2,24,25,30,31). The Morgan fingerprint density at radius 2 is 1.85 bits per heavy atom. The summed E-state index contributed by atoms with van der Waals surface area (Å²) in [5.41, 5.74) is 0.557. The molecule has 1 aromatic carbocycles. The van der Waals surface area contributed by atoms with Crippen molar-refractivity contribution in [1.29, 1.82) is 0 Å². The lowest BCUT2D eigenvalue weighted by molar-refractivity contribution is -0.119. The molecule has 0 aliphatic heterocycles. The lowest BCUT2D eigenvalue weighted by Crippen LogP contribution is -2.62. The number of amides is 3. The second-order valence-corrected chi connectivity index (χ2v) is 11.0. The van der Waals surface area contributed by atoms with E-state index in [0.717, 1.165) is 37.0 Å². The van der Waals surface area contributed by atoms with Crippen molar-refractivity contribution in [2.45, 2.75) is 68.3 Å². The van der Waals surface area contributed by atoms with Crippen LogP contribution in [0.4, 0.5) is 4.79 Å². The van der Waals surface area contributed by atoms with Crippen LogP contribution in [0.5, 0.6) is 5.75 Å². The molecule has 4 aliphatic rings. The fourth-order valence-corrected chi connectivity index (χ4v) is 7.07. The van der Waals surface area contributed by atoms with Crippen LogP contribution in [0.2, 0.25) is 0 Å². The summed E-state index contributed by atoms with van der Waals surface area (Å²) < 4.78 is 7.23. The van der Waals surface area contributed by atoms with Gasteiger partial charge in [-0.2, -0.15) is 4.68 Å². The van der Waals surface area contributed by atoms with Crippen LogP contribution >= 0.6 is 11.8 Å². The molecule has 6 rings (SSSR count). The molecular formula is C23H30N6O3S. The molecule has 4 aliphatic carbocycles. The van der Waals surface area contributed by atoms with Crippen molar-refractivity contribution in [3.05, 3.63) is 24.3 Å². The number of nitrogens with zero attached hydrogens (tertiary/aromatic N) is 4. The van der Waals surface area contributed by atoms with Crippen molar-refractivity contribution in [3.63, 3.8) is 0 Å². The Balaban J connectivity index is 1.21. The minimum Gasteiger partial charge on any atom is -0.492 e. The number of para-hydroxylation sites is 2. The van der Waals surface area contributed by atoms with Gasteiger partial charge in [0.25, 0.3) is 0 Å². The van der Waals surface area contributed by atoms with Gasteiger partial charge in [0.15, 0.2) is 0 Å². The molecule has 9 nitrogen and oxygen atoms in total. The lowest BCUT2D eigenvalue weighted by atomic mass is 9.53. The Morgan fingerprint density at radius 3 is 2.52 bits per heavy atom. The zero-order chi connectivity index (χ0) is 23.0. The van der Waals surface area contributed by atoms with Gasteiger partial charge in [-0.05, 0) is 92.7 Å². The first kappa shape index (κ1) is 22.2. The number of hydrogen-bond donors (Lipinski definition) is 2. The van der Waals surface area contributed by atoms with Gasteiger partial charge in [-0.3, -0.25) is 10.1 Å². The maximum atomic E-state index is 12.8. The van der Waals surface area contributed by atoms with Crippen molar-refractivity contribution in [2.75, 3.05) is 6.61 Å². The van der Waals surface area contributed by atoms with Crippen molar-refractivity contribution in [2.24, 2.45) is 17.8 Å². The number of ether oxygens (including phenoxy) is 1. The number of benzene rings is 1. The van der Waals surface area contributed by atoms with Gasteiger partial charge in [0.2, 0.25) is 11.1 Å². The zero-order valence-electron chi connectivity index (χ0n) is 19.0. The highest BCUT2D eigenvalue weighted by Crippen LogP contribution is 2.55. The van der Waals surface area contributed by atoms with E-state index in [2.05, 4.69) is 26.2 Å². The van der Waals surface area contributed by atoms with Crippen LogP contribution in [-0.4, -0.2) is 49.5 Å². The second-order valence-electron chi connectivity index (χ2n) is 9.68. The third-order valence-corrected chi connectivity index (χ3v) is 8.17. The first-order valence-corrected chi connectivity index (χ1v) is 12.6. The number of hydrogen-bond acceptors (Lipinski definition) is 7. The largest absolute Gasteiger partial charge is 0.492 e. The number of carbonyl (C=O) groups excluding carboxylic acids is 2. The van der Waals surface area contributed by atoms with E-state index < -0.39 is 11.3 Å². The van der Waals surface area contributed by atoms with Crippen LogP contribution in [0.3, 0.4) is 0 Å². The van der Waals surface area contributed by atoms with E-state index in [1.807, 2.05) is 31.2 Å². The van der Waals surface area contributed by atoms with Gasteiger partial charge in [-0.15, -0.1) is 5.10 Å². The molecule has 1 heterocycles. The molecule has 10 heteroatoms. The number of thioether (sulfide) groups is 1. The van der Waals surface area contributed by atoms with E-state index in [9.17, 15) is 9.59 Å². The molecule has 2 N–H and O–H groups in total. The number of imide groups is 1. The topological polar surface area (TPSA) is 111 Å². The van der Waals surface area contributed by atoms with Crippen LogP contribution in [0.25, 0.3) is 5.69 Å². The summed E-state index contributed by atoms with van der Waals surface area (Å²) in [6, 6.07) is 7.06. The molecule has 176 valence electrons. The molecule has 1 unspecified atom stereocenters. The lowest BCUT2D eigenvalue weighted by Gasteiger charge is -2.56. The highest BCUT2D eigenvalue weighted by atomic mass is 32.2. The van der Waals surface area contributed by atoms with Crippen LogP contribution in [-0.2, 0) is 4.79 Å². The van der Waals surface area contributed by atoms with Crippen molar-refractivity contribution >= 4 is 23.7 Å². The number of carbonyl (C=O) groups is 2. The molecule has 0 saturated heterocycles. The molecule has 0 radical (unpaired) electrons. The van der Waals surface area contributed by atoms with Crippen molar-refractivity contribution < 1.29 is 14.3 Å². The number of urea groups is 1. The fraction of sp³-hybridized carbons (Fsp3) is 0.609. The predicted octanol–water partition coefficient (Wildman–Crippen LogP) is 3.34. The maximum Gasteiger partial charge on any atom is 0.321 e. The molecule has 3 amide bonds. The van der Waals surface area contributed by atoms with Gasteiger partial charge in [0.05, 0.1) is 11.9 Å². The average Bonchev–Trinajstić information content (AvgIpc) is 3.20. The van der Waals surface area contributed by atoms with Crippen LogP contribution in [0.15, 0.2) is 29.4 Å². The summed E-state index contributed by atoms with van der Waals surface area (Å²) in [5.74, 6) is 2.46. The Morgan fingerprint density at radius 1 is 1.18 bits per heavy atom. The summed E-state index contributed by atoms with van der Waals surface area (Å²) in [4.78, 5) is 25.5. The predicted molar refractivity (Wildman–Crippen MR) is 123 cm³/mol. The smallest absolute Gasteiger partial charge is 0.321 e. The zero-order valence-corrected chi connectivity index (χ0v) is 19.8. The normalized spacial score (nSPS) is 28.4. The molecule has 0 spiro atoms. The van der Waals surface area contributed by atoms with Gasteiger partial charge in [0.1, 0.15) is 11.4 Å². The first-order valence-electron chi connectivity index (χ1n) is 11.7. The molecule has 4 bridgehead atoms. The fourth-order valence-electron chi connectivity index (χ4n) is 6.27. The van der Waals surface area contributed by atoms with E-state index >= 15 is 0 Å². The molecule has 1 atom stereocenters. The number of aromatic nitrogens is 4. The summed E-state index contributed by atoms with van der Waals surface area (Å²) in [7, 11) is 0. The third kappa shape index (κ3) is 4.58. The monoisotopic (exact) mass is 470 g/mol. The van der Waals surface area contributed by atoms with E-state index in [4.69, 9.17) is 4.74 Å². The van der Waals surface area contributed by atoms with E-state index in [1.165, 1.54) is 31.0 Å². The summed E-state index contributed by atoms with van der Waals surface area (Å²) in [6.07, 6.45) is 7.03.